The SMILES string of the molecule is Cc1cc(NCC(=O)N(C)C)nc(N)n1. The van der Waals surface area contributed by atoms with Crippen molar-refractivity contribution >= 4 is 17.7 Å². The molecule has 0 radical (unpaired) electrons. The van der Waals surface area contributed by atoms with Gasteiger partial charge in [0.1, 0.15) is 5.82 Å². The van der Waals surface area contributed by atoms with Crippen molar-refractivity contribution < 1.29 is 4.79 Å². The van der Waals surface area contributed by atoms with Gasteiger partial charge in [0.15, 0.2) is 0 Å². The second-order valence-corrected chi connectivity index (χ2v) is 3.39. The molecule has 1 heterocycles. The molecule has 0 bridgehead atoms. The van der Waals surface area contributed by atoms with Gasteiger partial charge in [-0.1, -0.05) is 0 Å². The first-order valence-corrected chi connectivity index (χ1v) is 4.54. The molecule has 15 heavy (non-hydrogen) atoms. The lowest BCUT2D eigenvalue weighted by Crippen LogP contribution is -2.28. The first kappa shape index (κ1) is 11.2. The summed E-state index contributed by atoms with van der Waals surface area (Å²) in [4.78, 5) is 20.7. The summed E-state index contributed by atoms with van der Waals surface area (Å²) < 4.78 is 0. The van der Waals surface area contributed by atoms with Crippen molar-refractivity contribution in [1.82, 2.24) is 14.9 Å². The van der Waals surface area contributed by atoms with Crippen molar-refractivity contribution in [1.29, 1.82) is 0 Å². The van der Waals surface area contributed by atoms with E-state index in [0.29, 0.717) is 5.82 Å². The molecule has 82 valence electrons. The van der Waals surface area contributed by atoms with Gasteiger partial charge in [-0.25, -0.2) is 4.98 Å². The monoisotopic (exact) mass is 209 g/mol. The quantitative estimate of drug-likeness (QED) is 0.724. The number of aryl methyl sites for hydroxylation is 1. The molecule has 6 nitrogen and oxygen atoms in total. The number of hydrogen-bond acceptors (Lipinski definition) is 5. The van der Waals surface area contributed by atoms with E-state index in [1.54, 1.807) is 20.2 Å². The normalized spacial score (nSPS) is 9.80. The lowest BCUT2D eigenvalue weighted by Gasteiger charge is -2.11. The number of rotatable bonds is 3. The first-order valence-electron chi connectivity index (χ1n) is 4.54. The van der Waals surface area contributed by atoms with E-state index in [9.17, 15) is 4.79 Å². The van der Waals surface area contributed by atoms with Gasteiger partial charge < -0.3 is 16.0 Å². The van der Waals surface area contributed by atoms with Crippen LogP contribution in [0.25, 0.3) is 0 Å². The lowest BCUT2D eigenvalue weighted by atomic mass is 10.4. The Bertz CT molecular complexity index is 343. The minimum absolute atomic E-state index is 0.0233. The maximum atomic E-state index is 11.3. The molecule has 1 aromatic heterocycles. The van der Waals surface area contributed by atoms with Gasteiger partial charge in [-0.15, -0.1) is 0 Å². The third-order valence-electron chi connectivity index (χ3n) is 1.79. The van der Waals surface area contributed by atoms with Crippen molar-refractivity contribution in [3.63, 3.8) is 0 Å². The van der Waals surface area contributed by atoms with Crippen LogP contribution in [0.15, 0.2) is 6.07 Å². The van der Waals surface area contributed by atoms with Crippen LogP contribution in [0.5, 0.6) is 0 Å². The van der Waals surface area contributed by atoms with Gasteiger partial charge in [0.25, 0.3) is 0 Å². The summed E-state index contributed by atoms with van der Waals surface area (Å²) >= 11 is 0. The Kier molecular flexibility index (Phi) is 3.43. The van der Waals surface area contributed by atoms with Gasteiger partial charge in [0.05, 0.1) is 6.54 Å². The zero-order chi connectivity index (χ0) is 11.4. The van der Waals surface area contributed by atoms with Gasteiger partial charge in [0.2, 0.25) is 11.9 Å². The summed E-state index contributed by atoms with van der Waals surface area (Å²) in [6.45, 7) is 2.01. The molecule has 0 atom stereocenters. The van der Waals surface area contributed by atoms with Crippen LogP contribution >= 0.6 is 0 Å². The number of nitrogens with zero attached hydrogens (tertiary/aromatic N) is 3. The fraction of sp³-hybridized carbons (Fsp3) is 0.444. The summed E-state index contributed by atoms with van der Waals surface area (Å²) in [5.74, 6) is 0.745. The Morgan fingerprint density at radius 2 is 2.20 bits per heavy atom. The summed E-state index contributed by atoms with van der Waals surface area (Å²) in [6.07, 6.45) is 0. The van der Waals surface area contributed by atoms with Gasteiger partial charge in [0, 0.05) is 25.9 Å². The Balaban J connectivity index is 2.61. The van der Waals surface area contributed by atoms with Crippen LogP contribution in [0.3, 0.4) is 0 Å². The molecule has 0 saturated carbocycles. The average molecular weight is 209 g/mol. The number of amides is 1. The number of aromatic nitrogens is 2. The minimum atomic E-state index is -0.0233. The number of carbonyl (C=O) groups excluding carboxylic acids is 1. The van der Waals surface area contributed by atoms with Crippen molar-refractivity contribution in [2.75, 3.05) is 31.7 Å². The molecule has 0 aromatic carbocycles. The molecular formula is C9H15N5O. The highest BCUT2D eigenvalue weighted by Gasteiger charge is 2.04. The molecule has 0 spiro atoms. The van der Waals surface area contributed by atoms with Crippen molar-refractivity contribution in [2.24, 2.45) is 0 Å². The van der Waals surface area contributed by atoms with E-state index >= 15 is 0 Å². The molecule has 1 rings (SSSR count). The Labute approximate surface area is 88.5 Å². The summed E-state index contributed by atoms with van der Waals surface area (Å²) in [5.41, 5.74) is 6.23. The summed E-state index contributed by atoms with van der Waals surface area (Å²) in [5, 5.41) is 2.89. The van der Waals surface area contributed by atoms with Crippen LogP contribution in [0.1, 0.15) is 5.69 Å². The number of nitrogens with two attached hydrogens (primary N) is 1. The first-order chi connectivity index (χ1) is 6.99. The number of hydrogen-bond donors (Lipinski definition) is 2. The molecule has 0 fully saturated rings. The van der Waals surface area contributed by atoms with Crippen molar-refractivity contribution in [3.05, 3.63) is 11.8 Å². The van der Waals surface area contributed by atoms with E-state index in [1.807, 2.05) is 6.92 Å². The Hall–Kier alpha value is -1.85. The van der Waals surface area contributed by atoms with Crippen molar-refractivity contribution in [2.45, 2.75) is 6.92 Å². The smallest absolute Gasteiger partial charge is 0.241 e. The fourth-order valence-corrected chi connectivity index (χ4v) is 1.01. The second-order valence-electron chi connectivity index (χ2n) is 3.39. The molecule has 0 aliphatic carbocycles. The fourth-order valence-electron chi connectivity index (χ4n) is 1.01. The zero-order valence-electron chi connectivity index (χ0n) is 9.11. The molecule has 0 aliphatic heterocycles. The largest absolute Gasteiger partial charge is 0.368 e. The third-order valence-corrected chi connectivity index (χ3v) is 1.79. The maximum absolute atomic E-state index is 11.3. The number of likely N-dealkylation sites (N-methyl/N-ethyl adjacent to an activating group) is 1. The molecule has 3 N–H and O–H groups in total. The van der Waals surface area contributed by atoms with Crippen LogP contribution in [-0.4, -0.2) is 41.4 Å². The molecule has 6 heteroatoms. The summed E-state index contributed by atoms with van der Waals surface area (Å²) in [6, 6.07) is 1.74. The van der Waals surface area contributed by atoms with Gasteiger partial charge >= 0.3 is 0 Å². The van der Waals surface area contributed by atoms with E-state index in [1.165, 1.54) is 4.90 Å². The second kappa shape index (κ2) is 4.59. The molecule has 1 aromatic rings. The van der Waals surface area contributed by atoms with Crippen LogP contribution in [0.2, 0.25) is 0 Å². The molecule has 0 aliphatic rings. The zero-order valence-corrected chi connectivity index (χ0v) is 9.11. The van der Waals surface area contributed by atoms with E-state index in [2.05, 4.69) is 15.3 Å². The van der Waals surface area contributed by atoms with Crippen LogP contribution in [-0.2, 0) is 4.79 Å². The highest BCUT2D eigenvalue weighted by molar-refractivity contribution is 5.80. The standard InChI is InChI=1S/C9H15N5O/c1-6-4-7(13-9(10)12-6)11-5-8(15)14(2)3/h4H,5H2,1-3H3,(H3,10,11,12,13). The van der Waals surface area contributed by atoms with Crippen LogP contribution in [0, 0.1) is 6.92 Å². The predicted molar refractivity (Wildman–Crippen MR) is 58.4 cm³/mol. The topological polar surface area (TPSA) is 84.1 Å². The highest BCUT2D eigenvalue weighted by atomic mass is 16.2. The van der Waals surface area contributed by atoms with E-state index in [0.717, 1.165) is 5.69 Å². The van der Waals surface area contributed by atoms with Gasteiger partial charge in [-0.3, -0.25) is 4.79 Å². The Morgan fingerprint density at radius 3 is 2.73 bits per heavy atom. The maximum Gasteiger partial charge on any atom is 0.241 e. The third kappa shape index (κ3) is 3.41. The Morgan fingerprint density at radius 1 is 1.53 bits per heavy atom. The highest BCUT2D eigenvalue weighted by Crippen LogP contribution is 2.06. The number of carbonyl (C=O) groups is 1. The van der Waals surface area contributed by atoms with Crippen LogP contribution < -0.4 is 11.1 Å². The molecule has 0 saturated heterocycles. The molecule has 1 amide bonds. The van der Waals surface area contributed by atoms with Gasteiger partial charge in [-0.2, -0.15) is 4.98 Å². The molecular weight excluding hydrogens is 194 g/mol. The van der Waals surface area contributed by atoms with Gasteiger partial charge in [-0.05, 0) is 6.92 Å². The van der Waals surface area contributed by atoms with Crippen LogP contribution in [0.4, 0.5) is 11.8 Å². The summed E-state index contributed by atoms with van der Waals surface area (Å²) in [7, 11) is 3.40. The number of anilines is 2. The van der Waals surface area contributed by atoms with E-state index in [-0.39, 0.29) is 18.4 Å². The van der Waals surface area contributed by atoms with Crippen molar-refractivity contribution in [3.8, 4) is 0 Å². The molecule has 0 unspecified atom stereocenters. The number of nitrogens with one attached hydrogen (secondary N) is 1. The van der Waals surface area contributed by atoms with E-state index in [4.69, 9.17) is 5.73 Å². The lowest BCUT2D eigenvalue weighted by molar-refractivity contribution is -0.126. The predicted octanol–water partition coefficient (Wildman–Crippen LogP) is -0.133. The number of nitrogen functional groups attached to an aromatic ring is 1. The average Bonchev–Trinajstić information content (AvgIpc) is 2.12. The minimum Gasteiger partial charge on any atom is -0.368 e. The van der Waals surface area contributed by atoms with E-state index < -0.39 is 0 Å².